The van der Waals surface area contributed by atoms with E-state index in [4.69, 9.17) is 10.5 Å². The molecule has 23 heavy (non-hydrogen) atoms. The van der Waals surface area contributed by atoms with E-state index in [1.54, 1.807) is 14.0 Å². The fourth-order valence-electron chi connectivity index (χ4n) is 1.60. The van der Waals surface area contributed by atoms with Gasteiger partial charge in [-0.15, -0.1) is 10.2 Å². The van der Waals surface area contributed by atoms with Crippen LogP contribution in [0.4, 0.5) is 15.6 Å². The lowest BCUT2D eigenvalue weighted by Gasteiger charge is -2.08. The number of urea groups is 1. The number of nitrogens with two attached hydrogens (primary N) is 1. The number of hydrogen-bond donors (Lipinski definition) is 3. The third kappa shape index (κ3) is 4.83. The van der Waals surface area contributed by atoms with Crippen LogP contribution in [0.5, 0.6) is 5.75 Å². The van der Waals surface area contributed by atoms with E-state index in [1.165, 1.54) is 23.1 Å². The second kappa shape index (κ2) is 7.79. The molecule has 4 N–H and O–H groups in total. The summed E-state index contributed by atoms with van der Waals surface area (Å²) in [5, 5.41) is 13.2. The highest BCUT2D eigenvalue weighted by molar-refractivity contribution is 8.02. The van der Waals surface area contributed by atoms with E-state index in [9.17, 15) is 9.59 Å². The van der Waals surface area contributed by atoms with Crippen molar-refractivity contribution in [3.8, 4) is 5.75 Å². The summed E-state index contributed by atoms with van der Waals surface area (Å²) < 4.78 is 5.84. The maximum Gasteiger partial charge on any atom is 0.318 e. The number of ether oxygens (including phenoxy) is 1. The average molecular weight is 353 g/mol. The van der Waals surface area contributed by atoms with Crippen molar-refractivity contribution in [1.82, 2.24) is 15.5 Å². The molecule has 1 heterocycles. The number of para-hydroxylation sites is 2. The molecule has 0 spiro atoms. The Labute approximate surface area is 140 Å². The molecule has 0 unspecified atom stereocenters. The van der Waals surface area contributed by atoms with E-state index in [0.29, 0.717) is 15.2 Å². The summed E-state index contributed by atoms with van der Waals surface area (Å²) in [6.45, 7) is 1.65. The molecule has 1 atom stereocenters. The number of primary amides is 1. The number of rotatable bonds is 6. The van der Waals surface area contributed by atoms with Crippen LogP contribution < -0.4 is 21.1 Å². The lowest BCUT2D eigenvalue weighted by molar-refractivity contribution is -0.119. The van der Waals surface area contributed by atoms with E-state index in [2.05, 4.69) is 15.5 Å². The Hall–Kier alpha value is -2.33. The predicted octanol–water partition coefficient (Wildman–Crippen LogP) is 1.97. The van der Waals surface area contributed by atoms with Crippen molar-refractivity contribution < 1.29 is 14.3 Å². The zero-order valence-corrected chi connectivity index (χ0v) is 14.0. The molecule has 2 rings (SSSR count). The number of nitrogens with one attached hydrogen (secondary N) is 2. The highest BCUT2D eigenvalue weighted by atomic mass is 32.2. The molecule has 10 heteroatoms. The first-order valence-electron chi connectivity index (χ1n) is 6.50. The van der Waals surface area contributed by atoms with E-state index in [0.717, 1.165) is 5.69 Å². The van der Waals surface area contributed by atoms with Crippen LogP contribution in [0.1, 0.15) is 6.92 Å². The fourth-order valence-corrected chi connectivity index (χ4v) is 3.51. The third-order valence-corrected chi connectivity index (χ3v) is 4.67. The van der Waals surface area contributed by atoms with Gasteiger partial charge in [-0.3, -0.25) is 10.1 Å². The van der Waals surface area contributed by atoms with Gasteiger partial charge in [0.15, 0.2) is 4.34 Å². The van der Waals surface area contributed by atoms with E-state index in [1.807, 2.05) is 29.6 Å². The fraction of sp³-hybridized carbons (Fsp3) is 0.231. The number of imide groups is 1. The minimum atomic E-state index is -0.877. The molecule has 1 aromatic carbocycles. The highest BCUT2D eigenvalue weighted by Crippen LogP contribution is 2.32. The molecule has 0 aliphatic rings. The van der Waals surface area contributed by atoms with Crippen molar-refractivity contribution in [2.75, 3.05) is 12.4 Å². The molecule has 8 nitrogen and oxygen atoms in total. The van der Waals surface area contributed by atoms with Gasteiger partial charge in [0.25, 0.3) is 0 Å². The van der Waals surface area contributed by atoms with Gasteiger partial charge in [-0.25, -0.2) is 4.79 Å². The number of carbonyl (C=O) groups excluding carboxylic acids is 2. The van der Waals surface area contributed by atoms with Crippen molar-refractivity contribution in [2.24, 2.45) is 5.73 Å². The van der Waals surface area contributed by atoms with Crippen LogP contribution in [-0.2, 0) is 4.79 Å². The second-order valence-corrected chi connectivity index (χ2v) is 6.88. The molecule has 0 saturated heterocycles. The molecule has 1 aromatic heterocycles. The summed E-state index contributed by atoms with van der Waals surface area (Å²) in [5.74, 6) is 0.211. The first-order chi connectivity index (χ1) is 11.0. The molecule has 2 aromatic rings. The summed E-state index contributed by atoms with van der Waals surface area (Å²) in [7, 11) is 1.58. The maximum absolute atomic E-state index is 11.6. The van der Waals surface area contributed by atoms with Gasteiger partial charge in [0, 0.05) is 0 Å². The zero-order chi connectivity index (χ0) is 16.8. The van der Waals surface area contributed by atoms with E-state index >= 15 is 0 Å². The van der Waals surface area contributed by atoms with Gasteiger partial charge in [-0.05, 0) is 19.1 Å². The van der Waals surface area contributed by atoms with Gasteiger partial charge in [-0.1, -0.05) is 35.2 Å². The normalized spacial score (nSPS) is 11.6. The molecule has 0 aliphatic carbocycles. The van der Waals surface area contributed by atoms with Crippen molar-refractivity contribution in [3.63, 3.8) is 0 Å². The summed E-state index contributed by atoms with van der Waals surface area (Å²) in [4.78, 5) is 22.3. The summed E-state index contributed by atoms with van der Waals surface area (Å²) in [5.41, 5.74) is 5.68. The van der Waals surface area contributed by atoms with Gasteiger partial charge in [0.2, 0.25) is 11.0 Å². The Morgan fingerprint density at radius 3 is 2.78 bits per heavy atom. The minimum absolute atomic E-state index is 0.475. The standard InChI is InChI=1S/C13H15N5O3S2/c1-7(10(19)16-11(14)20)22-13-18-17-12(23-13)15-8-5-3-4-6-9(8)21-2/h3-7H,1-2H3,(H,15,17)(H3,14,16,19,20)/t7-/m1/s1. The van der Waals surface area contributed by atoms with Crippen LogP contribution in [0.3, 0.4) is 0 Å². The lowest BCUT2D eigenvalue weighted by Crippen LogP contribution is -2.39. The Kier molecular flexibility index (Phi) is 5.77. The van der Waals surface area contributed by atoms with Crippen LogP contribution >= 0.6 is 23.1 Å². The van der Waals surface area contributed by atoms with Gasteiger partial charge < -0.3 is 15.8 Å². The Balaban J connectivity index is 2.00. The summed E-state index contributed by atoms with van der Waals surface area (Å²) >= 11 is 2.48. The molecule has 3 amide bonds. The van der Waals surface area contributed by atoms with Crippen molar-refractivity contribution in [1.29, 1.82) is 0 Å². The molecule has 122 valence electrons. The average Bonchev–Trinajstić information content (AvgIpc) is 2.94. The zero-order valence-electron chi connectivity index (χ0n) is 12.4. The number of aromatic nitrogens is 2. The number of nitrogens with zero attached hydrogens (tertiary/aromatic N) is 2. The molecule has 0 fully saturated rings. The largest absolute Gasteiger partial charge is 0.495 e. The third-order valence-electron chi connectivity index (χ3n) is 2.65. The predicted molar refractivity (Wildman–Crippen MR) is 89.2 cm³/mol. The van der Waals surface area contributed by atoms with Crippen molar-refractivity contribution in [3.05, 3.63) is 24.3 Å². The van der Waals surface area contributed by atoms with Gasteiger partial charge in [0.05, 0.1) is 18.0 Å². The molecule has 0 radical (unpaired) electrons. The number of thioether (sulfide) groups is 1. The Morgan fingerprint density at radius 1 is 1.35 bits per heavy atom. The van der Waals surface area contributed by atoms with Crippen LogP contribution in [0, 0.1) is 0 Å². The van der Waals surface area contributed by atoms with Crippen LogP contribution in [0.15, 0.2) is 28.6 Å². The van der Waals surface area contributed by atoms with Gasteiger partial charge >= 0.3 is 6.03 Å². The quantitative estimate of drug-likeness (QED) is 0.679. The highest BCUT2D eigenvalue weighted by Gasteiger charge is 2.18. The topological polar surface area (TPSA) is 119 Å². The van der Waals surface area contributed by atoms with Crippen LogP contribution in [0.2, 0.25) is 0 Å². The Bertz CT molecular complexity index is 706. The van der Waals surface area contributed by atoms with Gasteiger partial charge in [-0.2, -0.15) is 0 Å². The number of hydrogen-bond acceptors (Lipinski definition) is 8. The monoisotopic (exact) mass is 353 g/mol. The van der Waals surface area contributed by atoms with Crippen LogP contribution in [-0.4, -0.2) is 34.5 Å². The minimum Gasteiger partial charge on any atom is -0.495 e. The second-order valence-electron chi connectivity index (χ2n) is 4.31. The van der Waals surface area contributed by atoms with Crippen molar-refractivity contribution >= 4 is 45.9 Å². The summed E-state index contributed by atoms with van der Waals surface area (Å²) in [6.07, 6.45) is 0. The van der Waals surface area contributed by atoms with Crippen molar-refractivity contribution in [2.45, 2.75) is 16.5 Å². The smallest absolute Gasteiger partial charge is 0.318 e. The number of methoxy groups -OCH3 is 1. The van der Waals surface area contributed by atoms with E-state index < -0.39 is 17.2 Å². The molecule has 0 bridgehead atoms. The molecule has 0 aliphatic heterocycles. The Morgan fingerprint density at radius 2 is 2.09 bits per heavy atom. The maximum atomic E-state index is 11.6. The number of amides is 3. The number of anilines is 2. The molecular formula is C13H15N5O3S2. The number of carbonyl (C=O) groups is 2. The molecular weight excluding hydrogens is 338 g/mol. The van der Waals surface area contributed by atoms with Gasteiger partial charge in [0.1, 0.15) is 5.75 Å². The lowest BCUT2D eigenvalue weighted by atomic mass is 10.3. The SMILES string of the molecule is COc1ccccc1Nc1nnc(S[C@H](C)C(=O)NC(N)=O)s1. The molecule has 0 saturated carbocycles. The van der Waals surface area contributed by atoms with Crippen LogP contribution in [0.25, 0.3) is 0 Å². The first-order valence-corrected chi connectivity index (χ1v) is 8.19. The van der Waals surface area contributed by atoms with E-state index in [-0.39, 0.29) is 0 Å². The number of benzene rings is 1. The first kappa shape index (κ1) is 17.0. The summed E-state index contributed by atoms with van der Waals surface area (Å²) in [6, 6.07) is 6.55.